The molecule has 2 rings (SSSR count). The fourth-order valence-electron chi connectivity index (χ4n) is 1.76. The molecule has 0 unspecified atom stereocenters. The minimum atomic E-state index is -3.10. The van der Waals surface area contributed by atoms with E-state index in [0.29, 0.717) is 5.69 Å². The Balaban J connectivity index is 2.35. The Labute approximate surface area is 124 Å². The number of hydrogen-bond donors (Lipinski definition) is 2. The molecule has 0 heterocycles. The first-order valence-electron chi connectivity index (χ1n) is 5.95. The molecule has 2 aromatic rings. The lowest BCUT2D eigenvalue weighted by atomic mass is 10.2. The van der Waals surface area contributed by atoms with Gasteiger partial charge in [0.25, 0.3) is 0 Å². The standard InChI is InChI=1S/C14H13F3N2OS/c1-21-13-5-3-2-4-10(13)19-11-7-12(20-14(16)17)8(15)6-9(11)18/h2-7,14,19H,18H2,1H3. The van der Waals surface area contributed by atoms with Crippen molar-refractivity contribution in [2.24, 2.45) is 0 Å². The zero-order valence-corrected chi connectivity index (χ0v) is 11.9. The number of nitrogens with two attached hydrogens (primary N) is 1. The van der Waals surface area contributed by atoms with Crippen LogP contribution in [-0.4, -0.2) is 12.9 Å². The lowest BCUT2D eigenvalue weighted by Gasteiger charge is -2.14. The highest BCUT2D eigenvalue weighted by Crippen LogP contribution is 2.34. The molecule has 112 valence electrons. The second kappa shape index (κ2) is 6.62. The zero-order chi connectivity index (χ0) is 15.4. The molecule has 0 radical (unpaired) electrons. The van der Waals surface area contributed by atoms with E-state index in [-0.39, 0.29) is 5.69 Å². The van der Waals surface area contributed by atoms with Gasteiger partial charge in [-0.1, -0.05) is 12.1 Å². The van der Waals surface area contributed by atoms with Gasteiger partial charge in [0.15, 0.2) is 11.6 Å². The molecule has 0 saturated heterocycles. The summed E-state index contributed by atoms with van der Waals surface area (Å²) >= 11 is 1.51. The molecule has 7 heteroatoms. The molecular formula is C14H13F3N2OS. The molecule has 0 aliphatic heterocycles. The number of ether oxygens (including phenoxy) is 1. The van der Waals surface area contributed by atoms with E-state index < -0.39 is 18.2 Å². The van der Waals surface area contributed by atoms with Crippen molar-refractivity contribution in [3.63, 3.8) is 0 Å². The summed E-state index contributed by atoms with van der Waals surface area (Å²) in [5, 5.41) is 3.00. The summed E-state index contributed by atoms with van der Waals surface area (Å²) in [7, 11) is 0. The largest absolute Gasteiger partial charge is 0.432 e. The molecule has 0 bridgehead atoms. The van der Waals surface area contributed by atoms with Crippen molar-refractivity contribution >= 4 is 28.8 Å². The van der Waals surface area contributed by atoms with Gasteiger partial charge in [-0.05, 0) is 18.4 Å². The van der Waals surface area contributed by atoms with Gasteiger partial charge in [-0.25, -0.2) is 4.39 Å². The van der Waals surface area contributed by atoms with E-state index in [9.17, 15) is 13.2 Å². The summed E-state index contributed by atoms with van der Waals surface area (Å²) in [5.41, 5.74) is 6.85. The third kappa shape index (κ3) is 3.75. The van der Waals surface area contributed by atoms with Crippen LogP contribution in [0.4, 0.5) is 30.2 Å². The Bertz CT molecular complexity index is 638. The average molecular weight is 314 g/mol. The van der Waals surface area contributed by atoms with Gasteiger partial charge in [-0.2, -0.15) is 8.78 Å². The SMILES string of the molecule is CSc1ccccc1Nc1cc(OC(F)F)c(F)cc1N. The van der Waals surface area contributed by atoms with Crippen LogP contribution in [0.1, 0.15) is 0 Å². The zero-order valence-electron chi connectivity index (χ0n) is 11.1. The van der Waals surface area contributed by atoms with Gasteiger partial charge in [0.2, 0.25) is 0 Å². The van der Waals surface area contributed by atoms with Crippen LogP contribution in [-0.2, 0) is 0 Å². The van der Waals surface area contributed by atoms with E-state index in [0.717, 1.165) is 22.7 Å². The minimum Gasteiger partial charge on any atom is -0.432 e. The number of nitrogen functional groups attached to an aromatic ring is 1. The van der Waals surface area contributed by atoms with Crippen LogP contribution in [0, 0.1) is 5.82 Å². The first-order valence-corrected chi connectivity index (χ1v) is 7.17. The van der Waals surface area contributed by atoms with Gasteiger partial charge in [-0.3, -0.25) is 0 Å². The maximum absolute atomic E-state index is 13.5. The average Bonchev–Trinajstić information content (AvgIpc) is 2.44. The fraction of sp³-hybridized carbons (Fsp3) is 0.143. The first-order chi connectivity index (χ1) is 10.0. The lowest BCUT2D eigenvalue weighted by Crippen LogP contribution is -2.06. The quantitative estimate of drug-likeness (QED) is 0.631. The molecule has 21 heavy (non-hydrogen) atoms. The van der Waals surface area contributed by atoms with Crippen molar-refractivity contribution in [1.29, 1.82) is 0 Å². The third-order valence-corrected chi connectivity index (χ3v) is 3.49. The monoisotopic (exact) mass is 314 g/mol. The fourth-order valence-corrected chi connectivity index (χ4v) is 2.31. The number of para-hydroxylation sites is 1. The highest BCUT2D eigenvalue weighted by Gasteiger charge is 2.14. The van der Waals surface area contributed by atoms with Gasteiger partial charge in [-0.15, -0.1) is 11.8 Å². The van der Waals surface area contributed by atoms with Crippen molar-refractivity contribution in [3.8, 4) is 5.75 Å². The van der Waals surface area contributed by atoms with E-state index in [1.165, 1.54) is 11.8 Å². The van der Waals surface area contributed by atoms with Gasteiger partial charge in [0, 0.05) is 17.0 Å². The minimum absolute atomic E-state index is 0.102. The highest BCUT2D eigenvalue weighted by molar-refractivity contribution is 7.98. The van der Waals surface area contributed by atoms with Crippen molar-refractivity contribution < 1.29 is 17.9 Å². The highest BCUT2D eigenvalue weighted by atomic mass is 32.2. The molecule has 2 aromatic carbocycles. The maximum Gasteiger partial charge on any atom is 0.387 e. The Kier molecular flexibility index (Phi) is 4.85. The normalized spacial score (nSPS) is 10.7. The summed E-state index contributed by atoms with van der Waals surface area (Å²) in [6.07, 6.45) is 1.90. The summed E-state index contributed by atoms with van der Waals surface area (Å²) in [6.45, 7) is -3.10. The van der Waals surface area contributed by atoms with Crippen LogP contribution in [0.15, 0.2) is 41.3 Å². The number of halogens is 3. The van der Waals surface area contributed by atoms with Crippen LogP contribution in [0.2, 0.25) is 0 Å². The molecule has 0 fully saturated rings. The molecule has 0 spiro atoms. The van der Waals surface area contributed by atoms with E-state index in [4.69, 9.17) is 5.73 Å². The third-order valence-electron chi connectivity index (χ3n) is 2.70. The number of alkyl halides is 2. The van der Waals surface area contributed by atoms with Gasteiger partial charge in [0.1, 0.15) is 0 Å². The summed E-state index contributed by atoms with van der Waals surface area (Å²) in [5.74, 6) is -1.49. The maximum atomic E-state index is 13.5. The van der Waals surface area contributed by atoms with E-state index in [1.54, 1.807) is 0 Å². The Hall–Kier alpha value is -2.02. The summed E-state index contributed by atoms with van der Waals surface area (Å²) < 4.78 is 42.1. The number of thioether (sulfide) groups is 1. The number of rotatable bonds is 5. The van der Waals surface area contributed by atoms with E-state index in [2.05, 4.69) is 10.1 Å². The topological polar surface area (TPSA) is 47.3 Å². The van der Waals surface area contributed by atoms with E-state index >= 15 is 0 Å². The van der Waals surface area contributed by atoms with Crippen molar-refractivity contribution in [2.75, 3.05) is 17.3 Å². The molecule has 0 aliphatic rings. The molecule has 0 atom stereocenters. The predicted octanol–water partition coefficient (Wildman–Crippen LogP) is 4.47. The van der Waals surface area contributed by atoms with Gasteiger partial charge >= 0.3 is 6.61 Å². The van der Waals surface area contributed by atoms with Crippen LogP contribution >= 0.6 is 11.8 Å². The summed E-state index contributed by atoms with van der Waals surface area (Å²) in [4.78, 5) is 0.942. The van der Waals surface area contributed by atoms with Crippen molar-refractivity contribution in [1.82, 2.24) is 0 Å². The number of nitrogens with one attached hydrogen (secondary N) is 1. The first kappa shape index (κ1) is 15.4. The van der Waals surface area contributed by atoms with Crippen LogP contribution in [0.5, 0.6) is 5.75 Å². The van der Waals surface area contributed by atoms with Crippen molar-refractivity contribution in [3.05, 3.63) is 42.2 Å². The predicted molar refractivity (Wildman–Crippen MR) is 79.0 cm³/mol. The number of benzene rings is 2. The van der Waals surface area contributed by atoms with E-state index in [1.807, 2.05) is 30.5 Å². The van der Waals surface area contributed by atoms with Gasteiger partial charge < -0.3 is 15.8 Å². The molecule has 3 N–H and O–H groups in total. The van der Waals surface area contributed by atoms with Crippen LogP contribution in [0.25, 0.3) is 0 Å². The second-order valence-electron chi connectivity index (χ2n) is 4.07. The number of anilines is 3. The molecule has 3 nitrogen and oxygen atoms in total. The Morgan fingerprint density at radius 3 is 2.57 bits per heavy atom. The number of hydrogen-bond acceptors (Lipinski definition) is 4. The second-order valence-corrected chi connectivity index (χ2v) is 4.92. The molecular weight excluding hydrogens is 301 g/mol. The lowest BCUT2D eigenvalue weighted by molar-refractivity contribution is -0.0521. The van der Waals surface area contributed by atoms with Crippen LogP contribution in [0.3, 0.4) is 0 Å². The van der Waals surface area contributed by atoms with Gasteiger partial charge in [0.05, 0.1) is 17.1 Å². The Morgan fingerprint density at radius 1 is 1.19 bits per heavy atom. The molecule has 0 saturated carbocycles. The van der Waals surface area contributed by atoms with Crippen LogP contribution < -0.4 is 15.8 Å². The van der Waals surface area contributed by atoms with Crippen molar-refractivity contribution in [2.45, 2.75) is 11.5 Å². The molecule has 0 aliphatic carbocycles. The molecule has 0 aromatic heterocycles. The molecule has 0 amide bonds. The smallest absolute Gasteiger partial charge is 0.387 e. The Morgan fingerprint density at radius 2 is 1.90 bits per heavy atom. The summed E-state index contributed by atoms with van der Waals surface area (Å²) in [6, 6.07) is 9.45.